The Morgan fingerprint density at radius 1 is 1.25 bits per heavy atom. The van der Waals surface area contributed by atoms with Crippen LogP contribution in [0.25, 0.3) is 11.0 Å². The summed E-state index contributed by atoms with van der Waals surface area (Å²) < 4.78 is 12.3. The van der Waals surface area contributed by atoms with Gasteiger partial charge in [-0.05, 0) is 53.5 Å². The fraction of sp³-hybridized carbons (Fsp3) is 0.333. The molecule has 2 atom stereocenters. The van der Waals surface area contributed by atoms with E-state index in [1.54, 1.807) is 12.3 Å². The number of benzene rings is 1. The lowest BCUT2D eigenvalue weighted by Gasteiger charge is -2.36. The van der Waals surface area contributed by atoms with Gasteiger partial charge in [-0.25, -0.2) is 4.98 Å². The van der Waals surface area contributed by atoms with Gasteiger partial charge in [0.05, 0.1) is 16.7 Å². The van der Waals surface area contributed by atoms with Crippen molar-refractivity contribution in [3.05, 3.63) is 58.4 Å². The number of aromatic nitrogens is 1. The quantitative estimate of drug-likeness (QED) is 0.656. The van der Waals surface area contributed by atoms with E-state index < -0.39 is 0 Å². The number of hydrogen-bond donors (Lipinski definition) is 1. The summed E-state index contributed by atoms with van der Waals surface area (Å²) in [7, 11) is 0. The summed E-state index contributed by atoms with van der Waals surface area (Å²) in [6.07, 6.45) is 2.18. The molecule has 0 saturated carbocycles. The average molecular weight is 444 g/mol. The zero-order valence-electron chi connectivity index (χ0n) is 15.8. The summed E-state index contributed by atoms with van der Waals surface area (Å²) in [5, 5.41) is 3.78. The highest BCUT2D eigenvalue weighted by Gasteiger charge is 2.23. The van der Waals surface area contributed by atoms with E-state index in [-0.39, 0.29) is 18.1 Å². The molecule has 3 aromatic rings. The third kappa shape index (κ3) is 4.05. The van der Waals surface area contributed by atoms with Crippen molar-refractivity contribution in [1.82, 2.24) is 10.3 Å². The molecule has 1 saturated heterocycles. The van der Waals surface area contributed by atoms with E-state index in [4.69, 9.17) is 9.15 Å². The van der Waals surface area contributed by atoms with Crippen molar-refractivity contribution >= 4 is 38.6 Å². The van der Waals surface area contributed by atoms with E-state index in [0.717, 1.165) is 34.3 Å². The van der Waals surface area contributed by atoms with Gasteiger partial charge in [-0.15, -0.1) is 0 Å². The van der Waals surface area contributed by atoms with Gasteiger partial charge in [-0.3, -0.25) is 4.79 Å². The Kier molecular flexibility index (Phi) is 5.37. The number of hydrogen-bond acceptors (Lipinski definition) is 5. The number of nitrogens with one attached hydrogen (secondary N) is 1. The van der Waals surface area contributed by atoms with Crippen LogP contribution in [0.3, 0.4) is 0 Å². The molecule has 3 heterocycles. The maximum absolute atomic E-state index is 12.4. The molecular weight excluding hydrogens is 422 g/mol. The van der Waals surface area contributed by atoms with Gasteiger partial charge in [0.25, 0.3) is 5.91 Å². The third-order valence-electron chi connectivity index (χ3n) is 4.73. The van der Waals surface area contributed by atoms with Crippen LogP contribution in [-0.4, -0.2) is 36.2 Å². The summed E-state index contributed by atoms with van der Waals surface area (Å²) >= 11 is 3.44. The predicted molar refractivity (Wildman–Crippen MR) is 112 cm³/mol. The fourth-order valence-electron chi connectivity index (χ4n) is 3.48. The number of carbonyl (C=O) groups excluding carboxylic acids is 1. The number of morpholine rings is 1. The van der Waals surface area contributed by atoms with Gasteiger partial charge in [-0.2, -0.15) is 0 Å². The van der Waals surface area contributed by atoms with Gasteiger partial charge >= 0.3 is 0 Å². The fourth-order valence-corrected chi connectivity index (χ4v) is 3.94. The maximum atomic E-state index is 12.4. The summed E-state index contributed by atoms with van der Waals surface area (Å²) in [5.41, 5.74) is 1.61. The van der Waals surface area contributed by atoms with Crippen molar-refractivity contribution in [2.24, 2.45) is 0 Å². The van der Waals surface area contributed by atoms with Crippen molar-refractivity contribution in [3.8, 4) is 0 Å². The molecule has 2 unspecified atom stereocenters. The van der Waals surface area contributed by atoms with Crippen molar-refractivity contribution in [3.63, 3.8) is 0 Å². The molecule has 1 N–H and O–H groups in total. The molecule has 2 aromatic heterocycles. The number of amides is 1. The average Bonchev–Trinajstić information content (AvgIpc) is 3.12. The number of anilines is 1. The minimum Gasteiger partial charge on any atom is -0.450 e. The lowest BCUT2D eigenvalue weighted by molar-refractivity contribution is -0.00546. The Bertz CT molecular complexity index is 976. The Balaban J connectivity index is 1.39. The van der Waals surface area contributed by atoms with Gasteiger partial charge in [0.2, 0.25) is 0 Å². The van der Waals surface area contributed by atoms with Crippen LogP contribution in [0.2, 0.25) is 0 Å². The van der Waals surface area contributed by atoms with Gasteiger partial charge in [0, 0.05) is 31.2 Å². The van der Waals surface area contributed by atoms with E-state index in [9.17, 15) is 4.79 Å². The zero-order valence-corrected chi connectivity index (χ0v) is 17.4. The van der Waals surface area contributed by atoms with E-state index in [1.165, 1.54) is 0 Å². The highest BCUT2D eigenvalue weighted by atomic mass is 79.9. The lowest BCUT2D eigenvalue weighted by atomic mass is 10.2. The Hall–Kier alpha value is -2.38. The van der Waals surface area contributed by atoms with Crippen molar-refractivity contribution in [2.75, 3.05) is 18.0 Å². The first-order valence-electron chi connectivity index (χ1n) is 9.31. The number of para-hydroxylation sites is 1. The molecule has 0 spiro atoms. The van der Waals surface area contributed by atoms with E-state index in [2.05, 4.69) is 45.0 Å². The number of halogens is 1. The van der Waals surface area contributed by atoms with Gasteiger partial charge in [-0.1, -0.05) is 18.2 Å². The molecule has 1 aliphatic rings. The summed E-state index contributed by atoms with van der Waals surface area (Å²) in [6.45, 7) is 6.19. The first kappa shape index (κ1) is 19.0. The molecule has 0 radical (unpaired) electrons. The van der Waals surface area contributed by atoms with Crippen LogP contribution in [0.15, 0.2) is 51.5 Å². The molecule has 1 aromatic carbocycles. The van der Waals surface area contributed by atoms with Gasteiger partial charge in [0.15, 0.2) is 5.76 Å². The molecule has 1 amide bonds. The SMILES string of the molecule is CC1CN(c2ccc(CNC(=O)c3cc4cccc(Br)c4o3)cn2)CC(C)O1. The van der Waals surface area contributed by atoms with E-state index in [0.29, 0.717) is 17.9 Å². The van der Waals surface area contributed by atoms with Crippen LogP contribution in [-0.2, 0) is 11.3 Å². The third-order valence-corrected chi connectivity index (χ3v) is 5.35. The summed E-state index contributed by atoms with van der Waals surface area (Å²) in [6, 6.07) is 11.4. The lowest BCUT2D eigenvalue weighted by Crippen LogP contribution is -2.45. The Morgan fingerprint density at radius 3 is 2.71 bits per heavy atom. The summed E-state index contributed by atoms with van der Waals surface area (Å²) in [5.74, 6) is 0.977. The molecule has 7 heteroatoms. The number of furan rings is 1. The topological polar surface area (TPSA) is 67.6 Å². The van der Waals surface area contributed by atoms with Crippen molar-refractivity contribution in [1.29, 1.82) is 0 Å². The van der Waals surface area contributed by atoms with E-state index >= 15 is 0 Å². The van der Waals surface area contributed by atoms with Crippen LogP contribution in [0.1, 0.15) is 30.0 Å². The number of ether oxygens (including phenoxy) is 1. The van der Waals surface area contributed by atoms with Crippen LogP contribution in [0, 0.1) is 0 Å². The smallest absolute Gasteiger partial charge is 0.287 e. The molecule has 146 valence electrons. The Morgan fingerprint density at radius 2 is 2.04 bits per heavy atom. The standard InChI is InChI=1S/C21H22BrN3O3/c1-13-11-25(12-14(2)27-13)19-7-6-15(9-23-19)10-24-21(26)18-8-16-4-3-5-17(22)20(16)28-18/h3-9,13-14H,10-12H2,1-2H3,(H,24,26). The molecule has 0 bridgehead atoms. The van der Waals surface area contributed by atoms with Gasteiger partial charge < -0.3 is 19.4 Å². The number of rotatable bonds is 4. The largest absolute Gasteiger partial charge is 0.450 e. The first-order chi connectivity index (χ1) is 13.5. The first-order valence-corrected chi connectivity index (χ1v) is 10.1. The maximum Gasteiger partial charge on any atom is 0.287 e. The molecular formula is C21H22BrN3O3. The van der Waals surface area contributed by atoms with Crippen LogP contribution >= 0.6 is 15.9 Å². The molecule has 4 rings (SSSR count). The van der Waals surface area contributed by atoms with Crippen LogP contribution in [0.5, 0.6) is 0 Å². The predicted octanol–water partition coefficient (Wildman–Crippen LogP) is 4.13. The molecule has 1 fully saturated rings. The number of nitrogens with zero attached hydrogens (tertiary/aromatic N) is 2. The number of fused-ring (bicyclic) bond motifs is 1. The summed E-state index contributed by atoms with van der Waals surface area (Å²) in [4.78, 5) is 19.2. The monoisotopic (exact) mass is 443 g/mol. The highest BCUT2D eigenvalue weighted by molar-refractivity contribution is 9.10. The molecule has 0 aliphatic carbocycles. The minimum atomic E-state index is -0.247. The second-order valence-corrected chi connectivity index (χ2v) is 7.99. The highest BCUT2D eigenvalue weighted by Crippen LogP contribution is 2.27. The molecule has 28 heavy (non-hydrogen) atoms. The van der Waals surface area contributed by atoms with Crippen LogP contribution in [0.4, 0.5) is 5.82 Å². The van der Waals surface area contributed by atoms with Gasteiger partial charge in [0.1, 0.15) is 11.4 Å². The molecule has 6 nitrogen and oxygen atoms in total. The second kappa shape index (κ2) is 7.93. The molecule has 1 aliphatic heterocycles. The number of pyridine rings is 1. The normalized spacial score (nSPS) is 19.8. The van der Waals surface area contributed by atoms with Crippen molar-refractivity contribution < 1.29 is 13.9 Å². The van der Waals surface area contributed by atoms with E-state index in [1.807, 2.05) is 30.3 Å². The van der Waals surface area contributed by atoms with Crippen molar-refractivity contribution in [2.45, 2.75) is 32.6 Å². The number of carbonyl (C=O) groups is 1. The van der Waals surface area contributed by atoms with Crippen LogP contribution < -0.4 is 10.2 Å². The second-order valence-electron chi connectivity index (χ2n) is 7.14. The zero-order chi connectivity index (χ0) is 19.7. The minimum absolute atomic E-state index is 0.188. The Labute approximate surface area is 172 Å².